The lowest BCUT2D eigenvalue weighted by Gasteiger charge is -2.41. The zero-order valence-electron chi connectivity index (χ0n) is 25.4. The predicted octanol–water partition coefficient (Wildman–Crippen LogP) is 1.15. The SMILES string of the molecule is CCC[C@H](O)CC[C@@H](C)[C@@H]1OC(=O)[C@H](C)NC(=O)[C@H](C(C)C)N(C)C(=O)C2CN(O2)C(=O)[C@H](C)NC(=O)C1(C)C. The summed E-state index contributed by atoms with van der Waals surface area (Å²) in [6, 6.07) is -2.94. The number of aliphatic hydroxyl groups excluding tert-OH is 1. The fraction of sp³-hybridized carbons (Fsp3) is 0.821. The van der Waals surface area contributed by atoms with Crippen molar-refractivity contribution in [1.82, 2.24) is 20.6 Å². The van der Waals surface area contributed by atoms with Gasteiger partial charge in [-0.05, 0) is 58.8 Å². The van der Waals surface area contributed by atoms with Crippen LogP contribution in [0.15, 0.2) is 0 Å². The predicted molar refractivity (Wildman–Crippen MR) is 146 cm³/mol. The van der Waals surface area contributed by atoms with Gasteiger partial charge in [0.2, 0.25) is 11.8 Å². The van der Waals surface area contributed by atoms with Crippen molar-refractivity contribution in [3.63, 3.8) is 0 Å². The first-order valence-corrected chi connectivity index (χ1v) is 14.3. The minimum atomic E-state index is -1.27. The van der Waals surface area contributed by atoms with E-state index in [4.69, 9.17) is 9.57 Å². The van der Waals surface area contributed by atoms with E-state index < -0.39 is 71.5 Å². The molecule has 3 saturated heterocycles. The maximum Gasteiger partial charge on any atom is 0.328 e. The van der Waals surface area contributed by atoms with Gasteiger partial charge in [-0.15, -0.1) is 0 Å². The van der Waals surface area contributed by atoms with Gasteiger partial charge in [0.1, 0.15) is 24.2 Å². The zero-order chi connectivity index (χ0) is 30.5. The first-order chi connectivity index (χ1) is 18.5. The molecule has 3 rings (SSSR count). The molecule has 3 aliphatic rings. The molecule has 3 N–H and O–H groups in total. The van der Waals surface area contributed by atoms with Gasteiger partial charge < -0.3 is 25.4 Å². The summed E-state index contributed by atoms with van der Waals surface area (Å²) < 4.78 is 5.91. The molecule has 4 amide bonds. The maximum absolute atomic E-state index is 13.5. The van der Waals surface area contributed by atoms with Crippen molar-refractivity contribution in [2.24, 2.45) is 17.3 Å². The highest BCUT2D eigenvalue weighted by molar-refractivity contribution is 5.94. The van der Waals surface area contributed by atoms with Crippen LogP contribution in [-0.2, 0) is 33.5 Å². The number of likely N-dealkylation sites (N-methyl/N-ethyl adjacent to an activating group) is 1. The number of nitrogens with zero attached hydrogens (tertiary/aromatic N) is 2. The summed E-state index contributed by atoms with van der Waals surface area (Å²) in [6.45, 7) is 13.6. The molecule has 3 aliphatic heterocycles. The Morgan fingerprint density at radius 3 is 2.12 bits per heavy atom. The van der Waals surface area contributed by atoms with Crippen LogP contribution < -0.4 is 10.6 Å². The third-order valence-corrected chi connectivity index (χ3v) is 7.84. The summed E-state index contributed by atoms with van der Waals surface area (Å²) in [5, 5.41) is 16.6. The van der Waals surface area contributed by atoms with E-state index in [9.17, 15) is 29.1 Å². The largest absolute Gasteiger partial charge is 0.459 e. The lowest BCUT2D eigenvalue weighted by molar-refractivity contribution is -0.276. The van der Waals surface area contributed by atoms with Gasteiger partial charge in [0.25, 0.3) is 11.8 Å². The standard InChI is InChI=1S/C28H48N4O8/c1-10-11-19(33)13-12-16(4)22-28(7,8)27(38)30-17(5)24(35)32-14-20(40-32)25(36)31(9)21(15(2)3)23(34)29-18(6)26(37)39-22/h15-22,33H,10-14H2,1-9H3,(H,29,34)(H,30,38)/t16-,17+,18+,19+,20?,21+,22+/m1/s1. The van der Waals surface area contributed by atoms with E-state index in [1.807, 2.05) is 13.8 Å². The van der Waals surface area contributed by atoms with Crippen LogP contribution in [0.4, 0.5) is 0 Å². The monoisotopic (exact) mass is 568 g/mol. The fourth-order valence-electron chi connectivity index (χ4n) is 5.28. The first kappa shape index (κ1) is 33.5. The highest BCUT2D eigenvalue weighted by Gasteiger charge is 2.47. The quantitative estimate of drug-likeness (QED) is 0.305. The number of rotatable bonds is 7. The summed E-state index contributed by atoms with van der Waals surface area (Å²) >= 11 is 0. The maximum atomic E-state index is 13.5. The molecule has 0 aromatic rings. The molecular formula is C28H48N4O8. The third kappa shape index (κ3) is 7.72. The molecular weight excluding hydrogens is 520 g/mol. The molecule has 3 heterocycles. The Kier molecular flexibility index (Phi) is 11.5. The van der Waals surface area contributed by atoms with E-state index in [1.54, 1.807) is 27.7 Å². The number of hydrogen-bond acceptors (Lipinski definition) is 8. The lowest BCUT2D eigenvalue weighted by atomic mass is 9.77. The van der Waals surface area contributed by atoms with Crippen LogP contribution in [0.5, 0.6) is 0 Å². The Morgan fingerprint density at radius 1 is 0.975 bits per heavy atom. The van der Waals surface area contributed by atoms with Crippen LogP contribution in [0.2, 0.25) is 0 Å². The summed E-state index contributed by atoms with van der Waals surface area (Å²) in [6.07, 6.45) is 0.0121. The number of carbonyl (C=O) groups excluding carboxylic acids is 5. The number of ether oxygens (including phenoxy) is 1. The molecule has 3 fully saturated rings. The van der Waals surface area contributed by atoms with Crippen LogP contribution in [0.25, 0.3) is 0 Å². The average molecular weight is 569 g/mol. The minimum Gasteiger partial charge on any atom is -0.459 e. The van der Waals surface area contributed by atoms with Crippen LogP contribution in [0, 0.1) is 17.3 Å². The minimum absolute atomic E-state index is 0.0181. The molecule has 228 valence electrons. The fourth-order valence-corrected chi connectivity index (χ4v) is 5.28. The highest BCUT2D eigenvalue weighted by Crippen LogP contribution is 2.33. The van der Waals surface area contributed by atoms with Crippen LogP contribution in [0.3, 0.4) is 0 Å². The van der Waals surface area contributed by atoms with Gasteiger partial charge in [0.05, 0.1) is 18.1 Å². The normalized spacial score (nSPS) is 30.2. The van der Waals surface area contributed by atoms with Gasteiger partial charge in [-0.2, -0.15) is 0 Å². The molecule has 0 aliphatic carbocycles. The van der Waals surface area contributed by atoms with Crippen LogP contribution >= 0.6 is 0 Å². The lowest BCUT2D eigenvalue weighted by Crippen LogP contribution is -2.64. The zero-order valence-corrected chi connectivity index (χ0v) is 25.4. The van der Waals surface area contributed by atoms with E-state index in [-0.39, 0.29) is 18.4 Å². The molecule has 0 spiro atoms. The summed E-state index contributed by atoms with van der Waals surface area (Å²) in [7, 11) is 1.48. The Morgan fingerprint density at radius 2 is 1.57 bits per heavy atom. The topological polar surface area (TPSA) is 155 Å². The molecule has 7 atom stereocenters. The van der Waals surface area contributed by atoms with E-state index in [1.165, 1.54) is 25.8 Å². The third-order valence-electron chi connectivity index (χ3n) is 7.84. The number of carbonyl (C=O) groups is 5. The summed E-state index contributed by atoms with van der Waals surface area (Å²) in [5.74, 6) is -3.42. The van der Waals surface area contributed by atoms with Crippen molar-refractivity contribution in [2.45, 2.75) is 118 Å². The number of fused-ring (bicyclic) bond motifs is 13. The number of amides is 4. The van der Waals surface area contributed by atoms with Crippen molar-refractivity contribution in [1.29, 1.82) is 0 Å². The smallest absolute Gasteiger partial charge is 0.328 e. The Labute approximate surface area is 237 Å². The molecule has 0 saturated carbocycles. The molecule has 0 aromatic carbocycles. The van der Waals surface area contributed by atoms with E-state index in [0.29, 0.717) is 19.3 Å². The Hall–Kier alpha value is -2.73. The van der Waals surface area contributed by atoms with Gasteiger partial charge in [-0.3, -0.25) is 24.0 Å². The summed E-state index contributed by atoms with van der Waals surface area (Å²) in [4.78, 5) is 72.7. The van der Waals surface area contributed by atoms with Crippen molar-refractivity contribution in [3.8, 4) is 0 Å². The van der Waals surface area contributed by atoms with E-state index in [0.717, 1.165) is 11.5 Å². The van der Waals surface area contributed by atoms with E-state index in [2.05, 4.69) is 10.6 Å². The van der Waals surface area contributed by atoms with Gasteiger partial charge in [0, 0.05) is 7.05 Å². The molecule has 1 unspecified atom stereocenters. The van der Waals surface area contributed by atoms with Gasteiger partial charge in [-0.25, -0.2) is 9.86 Å². The van der Waals surface area contributed by atoms with E-state index >= 15 is 0 Å². The number of esters is 1. The number of aliphatic hydroxyl groups is 1. The summed E-state index contributed by atoms with van der Waals surface area (Å²) in [5.41, 5.74) is -1.27. The highest BCUT2D eigenvalue weighted by atomic mass is 16.7. The van der Waals surface area contributed by atoms with Crippen LogP contribution in [-0.4, -0.2) is 94.7 Å². The molecule has 0 aromatic heterocycles. The second kappa shape index (κ2) is 13.8. The first-order valence-electron chi connectivity index (χ1n) is 14.3. The number of nitrogens with one attached hydrogen (secondary N) is 2. The van der Waals surface area contributed by atoms with Crippen LogP contribution in [0.1, 0.15) is 81.1 Å². The number of hydroxylamine groups is 2. The second-order valence-corrected chi connectivity index (χ2v) is 12.1. The Balaban J connectivity index is 2.42. The molecule has 0 radical (unpaired) electrons. The Bertz CT molecular complexity index is 949. The average Bonchev–Trinajstić information content (AvgIpc) is 2.83. The van der Waals surface area contributed by atoms with Gasteiger partial charge in [-0.1, -0.05) is 34.1 Å². The second-order valence-electron chi connectivity index (χ2n) is 12.1. The molecule has 2 bridgehead atoms. The molecule has 12 heteroatoms. The van der Waals surface area contributed by atoms with Crippen molar-refractivity contribution < 1.29 is 38.7 Å². The van der Waals surface area contributed by atoms with Crippen molar-refractivity contribution in [3.05, 3.63) is 0 Å². The molecule has 12 nitrogen and oxygen atoms in total. The number of hydrogen-bond donors (Lipinski definition) is 3. The van der Waals surface area contributed by atoms with Crippen molar-refractivity contribution in [2.75, 3.05) is 13.6 Å². The van der Waals surface area contributed by atoms with Crippen molar-refractivity contribution >= 4 is 29.6 Å². The van der Waals surface area contributed by atoms with Gasteiger partial charge in [0.15, 0.2) is 6.10 Å². The molecule has 40 heavy (non-hydrogen) atoms. The van der Waals surface area contributed by atoms with Gasteiger partial charge >= 0.3 is 5.97 Å².